The Morgan fingerprint density at radius 1 is 1.21 bits per heavy atom. The summed E-state index contributed by atoms with van der Waals surface area (Å²) in [6.45, 7) is 2.28. The number of nitrogens with one attached hydrogen (secondary N) is 1. The third-order valence-corrected chi connectivity index (χ3v) is 4.55. The molecular formula is C17H18Cl2N2O3. The maximum atomic E-state index is 12.9. The van der Waals surface area contributed by atoms with Crippen molar-refractivity contribution < 1.29 is 9.21 Å². The first kappa shape index (κ1) is 17.3. The highest BCUT2D eigenvalue weighted by molar-refractivity contribution is 6.54. The number of likely N-dealkylation sites (tertiary alicyclic amines) is 1. The molecule has 0 bridgehead atoms. The van der Waals surface area contributed by atoms with Gasteiger partial charge in [-0.25, -0.2) is 0 Å². The molecule has 1 saturated heterocycles. The third-order valence-electron chi connectivity index (χ3n) is 4.16. The number of halogens is 2. The lowest BCUT2D eigenvalue weighted by atomic mass is 10.1. The maximum absolute atomic E-state index is 12.9. The highest BCUT2D eigenvalue weighted by atomic mass is 35.5. The lowest BCUT2D eigenvalue weighted by Crippen LogP contribution is -2.32. The van der Waals surface area contributed by atoms with Gasteiger partial charge in [0.1, 0.15) is 5.58 Å². The van der Waals surface area contributed by atoms with Crippen LogP contribution in [0, 0.1) is 0 Å². The highest BCUT2D eigenvalue weighted by Gasteiger charge is 2.22. The first-order valence-electron chi connectivity index (χ1n) is 7.92. The molecule has 1 fully saturated rings. The molecule has 1 aromatic heterocycles. The third kappa shape index (κ3) is 3.74. The van der Waals surface area contributed by atoms with E-state index in [0.717, 1.165) is 25.9 Å². The summed E-state index contributed by atoms with van der Waals surface area (Å²) in [6, 6.07) is 6.97. The monoisotopic (exact) mass is 368 g/mol. The Morgan fingerprint density at radius 2 is 1.92 bits per heavy atom. The van der Waals surface area contributed by atoms with Crippen LogP contribution < -0.4 is 10.7 Å². The van der Waals surface area contributed by atoms with E-state index >= 15 is 0 Å². The number of fused-ring (bicyclic) bond motifs is 1. The molecule has 24 heavy (non-hydrogen) atoms. The summed E-state index contributed by atoms with van der Waals surface area (Å²) >= 11 is 11.2. The number of hydrogen-bond acceptors (Lipinski definition) is 4. The van der Waals surface area contributed by atoms with Gasteiger partial charge in [0.2, 0.25) is 5.88 Å². The molecule has 2 heterocycles. The lowest BCUT2D eigenvalue weighted by Gasteiger charge is -2.26. The predicted molar refractivity (Wildman–Crippen MR) is 95.7 cm³/mol. The van der Waals surface area contributed by atoms with Gasteiger partial charge in [0.05, 0.1) is 10.9 Å². The molecule has 2 aromatic rings. The molecule has 7 heteroatoms. The van der Waals surface area contributed by atoms with E-state index in [-0.39, 0.29) is 11.3 Å². The fourth-order valence-electron chi connectivity index (χ4n) is 2.93. The van der Waals surface area contributed by atoms with E-state index in [1.54, 1.807) is 24.3 Å². The van der Waals surface area contributed by atoms with Gasteiger partial charge in [-0.15, -0.1) is 0 Å². The number of carbonyl (C=O) groups excluding carboxylic acids is 1. The van der Waals surface area contributed by atoms with Gasteiger partial charge in [-0.05, 0) is 38.1 Å². The van der Waals surface area contributed by atoms with Gasteiger partial charge in [-0.1, -0.05) is 41.8 Å². The number of alkyl halides is 2. The number of rotatable bonds is 4. The van der Waals surface area contributed by atoms with Crippen LogP contribution in [0.5, 0.6) is 0 Å². The van der Waals surface area contributed by atoms with Crippen molar-refractivity contribution in [3.63, 3.8) is 0 Å². The molecule has 1 aromatic carbocycles. The second-order valence-electron chi connectivity index (χ2n) is 5.86. The molecular weight excluding hydrogens is 351 g/mol. The van der Waals surface area contributed by atoms with E-state index in [1.165, 1.54) is 6.42 Å². The van der Waals surface area contributed by atoms with Crippen LogP contribution in [0.15, 0.2) is 33.5 Å². The van der Waals surface area contributed by atoms with Gasteiger partial charge in [0.15, 0.2) is 10.3 Å². The molecule has 128 valence electrons. The van der Waals surface area contributed by atoms with Crippen LogP contribution in [-0.2, 0) is 11.3 Å². The molecule has 0 unspecified atom stereocenters. The fourth-order valence-corrected chi connectivity index (χ4v) is 3.04. The molecule has 5 nitrogen and oxygen atoms in total. The van der Waals surface area contributed by atoms with Crippen LogP contribution in [0.4, 0.5) is 5.88 Å². The number of benzene rings is 1. The van der Waals surface area contributed by atoms with Crippen LogP contribution in [-0.4, -0.2) is 28.7 Å². The zero-order valence-corrected chi connectivity index (χ0v) is 14.6. The van der Waals surface area contributed by atoms with E-state index in [2.05, 4.69) is 10.2 Å². The Bertz CT molecular complexity index is 798. The van der Waals surface area contributed by atoms with E-state index < -0.39 is 10.7 Å². The van der Waals surface area contributed by atoms with Crippen molar-refractivity contribution in [2.24, 2.45) is 0 Å². The van der Waals surface area contributed by atoms with Gasteiger partial charge >= 0.3 is 0 Å². The van der Waals surface area contributed by atoms with Crippen molar-refractivity contribution in [2.45, 2.75) is 30.6 Å². The molecule has 0 aliphatic carbocycles. The lowest BCUT2D eigenvalue weighted by molar-refractivity contribution is -0.114. The summed E-state index contributed by atoms with van der Waals surface area (Å²) in [7, 11) is 0. The molecule has 1 aliphatic heterocycles. The Morgan fingerprint density at radius 3 is 2.62 bits per heavy atom. The van der Waals surface area contributed by atoms with Gasteiger partial charge in [-0.2, -0.15) is 0 Å². The number of amides is 1. The largest absolute Gasteiger partial charge is 0.440 e. The molecule has 0 spiro atoms. The second-order valence-corrected chi connectivity index (χ2v) is 6.96. The number of hydrogen-bond donors (Lipinski definition) is 1. The van der Waals surface area contributed by atoms with Crippen molar-refractivity contribution in [3.05, 3.63) is 40.1 Å². The predicted octanol–water partition coefficient (Wildman–Crippen LogP) is 3.52. The zero-order valence-electron chi connectivity index (χ0n) is 13.1. The summed E-state index contributed by atoms with van der Waals surface area (Å²) in [4.78, 5) is 25.7. The molecule has 0 radical (unpaired) electrons. The van der Waals surface area contributed by atoms with Crippen molar-refractivity contribution >= 4 is 46.0 Å². The summed E-state index contributed by atoms with van der Waals surface area (Å²) < 4.78 is 5.76. The Hall–Kier alpha value is -1.56. The van der Waals surface area contributed by atoms with Gasteiger partial charge in [-0.3, -0.25) is 19.8 Å². The van der Waals surface area contributed by atoms with Crippen LogP contribution >= 0.6 is 23.2 Å². The average molecular weight is 369 g/mol. The first-order chi connectivity index (χ1) is 11.6. The normalized spacial score (nSPS) is 15.8. The van der Waals surface area contributed by atoms with Gasteiger partial charge in [0, 0.05) is 6.54 Å². The number of nitrogens with zero attached hydrogens (tertiary/aromatic N) is 1. The molecule has 1 N–H and O–H groups in total. The summed E-state index contributed by atoms with van der Waals surface area (Å²) in [5.74, 6) is -0.489. The van der Waals surface area contributed by atoms with Gasteiger partial charge in [0.25, 0.3) is 5.91 Å². The van der Waals surface area contributed by atoms with Crippen molar-refractivity contribution in [2.75, 3.05) is 18.4 Å². The van der Waals surface area contributed by atoms with Crippen LogP contribution in [0.3, 0.4) is 0 Å². The Labute approximate surface area is 149 Å². The quantitative estimate of drug-likeness (QED) is 0.838. The van der Waals surface area contributed by atoms with E-state index in [9.17, 15) is 9.59 Å². The highest BCUT2D eigenvalue weighted by Crippen LogP contribution is 2.23. The summed E-state index contributed by atoms with van der Waals surface area (Å²) in [5.41, 5.74) is 0.706. The van der Waals surface area contributed by atoms with Crippen LogP contribution in [0.2, 0.25) is 0 Å². The fraction of sp³-hybridized carbons (Fsp3) is 0.412. The number of anilines is 1. The van der Waals surface area contributed by atoms with E-state index in [0.29, 0.717) is 23.1 Å². The topological polar surface area (TPSA) is 62.6 Å². The minimum absolute atomic E-state index is 0.126. The van der Waals surface area contributed by atoms with Crippen molar-refractivity contribution in [1.82, 2.24) is 4.90 Å². The Balaban J connectivity index is 2.03. The smallest absolute Gasteiger partial charge is 0.259 e. The van der Waals surface area contributed by atoms with Crippen molar-refractivity contribution in [3.8, 4) is 0 Å². The van der Waals surface area contributed by atoms with E-state index in [1.807, 2.05) is 0 Å². The molecule has 0 atom stereocenters. The number of carbonyl (C=O) groups is 1. The molecule has 1 aliphatic rings. The van der Waals surface area contributed by atoms with Gasteiger partial charge < -0.3 is 4.42 Å². The SMILES string of the molecule is O=C(Nc1oc2ccccc2c(=O)c1CN1CCCCC1)C(Cl)Cl. The molecule has 0 saturated carbocycles. The standard InChI is InChI=1S/C17H18Cl2N2O3/c18-15(19)16(23)20-17-12(10-21-8-4-1-5-9-21)14(22)11-6-2-3-7-13(11)24-17/h2-3,6-7,15H,1,4-5,8-10H2,(H,20,23). The summed E-state index contributed by atoms with van der Waals surface area (Å²) in [6.07, 6.45) is 3.41. The Kier molecular flexibility index (Phi) is 5.43. The second kappa shape index (κ2) is 7.55. The van der Waals surface area contributed by atoms with Crippen LogP contribution in [0.1, 0.15) is 24.8 Å². The molecule has 3 rings (SSSR count). The number of para-hydroxylation sites is 1. The average Bonchev–Trinajstić information content (AvgIpc) is 2.59. The minimum atomic E-state index is -1.23. The first-order valence-corrected chi connectivity index (χ1v) is 8.79. The summed E-state index contributed by atoms with van der Waals surface area (Å²) in [5, 5.41) is 3.03. The van der Waals surface area contributed by atoms with Crippen LogP contribution in [0.25, 0.3) is 11.0 Å². The van der Waals surface area contributed by atoms with Crippen molar-refractivity contribution in [1.29, 1.82) is 0 Å². The number of piperidine rings is 1. The van der Waals surface area contributed by atoms with E-state index in [4.69, 9.17) is 27.6 Å². The zero-order chi connectivity index (χ0) is 17.1. The molecule has 1 amide bonds. The minimum Gasteiger partial charge on any atom is -0.440 e. The maximum Gasteiger partial charge on any atom is 0.259 e.